The lowest BCUT2D eigenvalue weighted by Gasteiger charge is -2.23. The number of urea groups is 1. The molecule has 2 amide bonds. The summed E-state index contributed by atoms with van der Waals surface area (Å²) in [4.78, 5) is 14.9. The summed E-state index contributed by atoms with van der Waals surface area (Å²) in [7, 11) is 3.54. The molecule has 0 radical (unpaired) electrons. The summed E-state index contributed by atoms with van der Waals surface area (Å²) in [5.74, 6) is 0. The molecule has 1 aliphatic heterocycles. The van der Waals surface area contributed by atoms with Gasteiger partial charge >= 0.3 is 6.03 Å². The normalized spacial score (nSPS) is 18.7. The predicted molar refractivity (Wildman–Crippen MR) is 46.1 cm³/mol. The predicted octanol–water partition coefficient (Wildman–Crippen LogP) is 0.390. The van der Waals surface area contributed by atoms with Crippen LogP contribution in [0.1, 0.15) is 6.42 Å². The van der Waals surface area contributed by atoms with Crippen molar-refractivity contribution in [2.24, 2.45) is 0 Å². The molecule has 0 aromatic heterocycles. The smallest absolute Gasteiger partial charge is 0.319 e. The summed E-state index contributed by atoms with van der Waals surface area (Å²) < 4.78 is 5.24. The highest BCUT2D eigenvalue weighted by Crippen LogP contribution is 2.01. The minimum Gasteiger partial charge on any atom is -0.380 e. The maximum absolute atomic E-state index is 11.4. The van der Waals surface area contributed by atoms with E-state index in [1.807, 2.05) is 4.90 Å². The van der Waals surface area contributed by atoms with Crippen LogP contribution in [-0.4, -0.2) is 56.2 Å². The zero-order chi connectivity index (χ0) is 8.97. The molecule has 0 spiro atoms. The molecule has 1 rings (SSSR count). The van der Waals surface area contributed by atoms with Crippen LogP contribution in [0.2, 0.25) is 0 Å². The van der Waals surface area contributed by atoms with Gasteiger partial charge in [-0.25, -0.2) is 4.79 Å². The molecule has 0 aromatic carbocycles. The molecule has 0 aliphatic carbocycles. The Morgan fingerprint density at radius 1 is 1.33 bits per heavy atom. The van der Waals surface area contributed by atoms with Crippen LogP contribution in [0.4, 0.5) is 4.79 Å². The molecule has 0 saturated carbocycles. The minimum atomic E-state index is 0.0838. The molecule has 70 valence electrons. The molecule has 4 nitrogen and oxygen atoms in total. The molecule has 0 atom stereocenters. The number of carbonyl (C=O) groups excluding carboxylic acids is 1. The molecular weight excluding hydrogens is 156 g/mol. The van der Waals surface area contributed by atoms with Crippen molar-refractivity contribution in [3.63, 3.8) is 0 Å². The maximum atomic E-state index is 11.4. The molecule has 1 heterocycles. The third-order valence-electron chi connectivity index (χ3n) is 1.88. The number of carbonyl (C=O) groups is 1. The highest BCUT2D eigenvalue weighted by molar-refractivity contribution is 5.73. The van der Waals surface area contributed by atoms with Crippen molar-refractivity contribution in [1.82, 2.24) is 9.80 Å². The van der Waals surface area contributed by atoms with E-state index in [1.165, 1.54) is 0 Å². The van der Waals surface area contributed by atoms with E-state index in [0.717, 1.165) is 26.1 Å². The summed E-state index contributed by atoms with van der Waals surface area (Å²) in [6, 6.07) is 0.0838. The third kappa shape index (κ3) is 2.37. The van der Waals surface area contributed by atoms with E-state index >= 15 is 0 Å². The fourth-order valence-electron chi connectivity index (χ4n) is 1.22. The van der Waals surface area contributed by atoms with E-state index < -0.39 is 0 Å². The van der Waals surface area contributed by atoms with Gasteiger partial charge in [0.05, 0.1) is 6.61 Å². The number of nitrogens with zero attached hydrogens (tertiary/aromatic N) is 2. The molecule has 0 unspecified atom stereocenters. The zero-order valence-corrected chi connectivity index (χ0v) is 7.75. The highest BCUT2D eigenvalue weighted by Gasteiger charge is 2.16. The van der Waals surface area contributed by atoms with E-state index in [1.54, 1.807) is 19.0 Å². The lowest BCUT2D eigenvalue weighted by Crippen LogP contribution is -2.40. The van der Waals surface area contributed by atoms with Crippen LogP contribution in [0.15, 0.2) is 0 Å². The van der Waals surface area contributed by atoms with E-state index in [2.05, 4.69) is 0 Å². The van der Waals surface area contributed by atoms with Gasteiger partial charge in [-0.05, 0) is 6.42 Å². The standard InChI is InChI=1S/C8H16N2O2/c1-9(2)8(11)10-4-3-6-12-7-5-10/h3-7H2,1-2H3. The van der Waals surface area contributed by atoms with Crippen molar-refractivity contribution in [1.29, 1.82) is 0 Å². The van der Waals surface area contributed by atoms with Crippen molar-refractivity contribution in [2.45, 2.75) is 6.42 Å². The van der Waals surface area contributed by atoms with Crippen LogP contribution in [0, 0.1) is 0 Å². The van der Waals surface area contributed by atoms with Gasteiger partial charge in [-0.15, -0.1) is 0 Å². The largest absolute Gasteiger partial charge is 0.380 e. The Balaban J connectivity index is 2.43. The van der Waals surface area contributed by atoms with E-state index in [-0.39, 0.29) is 6.03 Å². The van der Waals surface area contributed by atoms with Gasteiger partial charge < -0.3 is 14.5 Å². The van der Waals surface area contributed by atoms with Gasteiger partial charge in [-0.1, -0.05) is 0 Å². The molecule has 4 heteroatoms. The van der Waals surface area contributed by atoms with Crippen LogP contribution in [-0.2, 0) is 4.74 Å². The number of amides is 2. The lowest BCUT2D eigenvalue weighted by molar-refractivity contribution is 0.137. The fraction of sp³-hybridized carbons (Fsp3) is 0.875. The molecule has 0 N–H and O–H groups in total. The first-order valence-electron chi connectivity index (χ1n) is 4.26. The molecule has 1 saturated heterocycles. The van der Waals surface area contributed by atoms with Gasteiger partial charge in [-0.3, -0.25) is 0 Å². The van der Waals surface area contributed by atoms with Gasteiger partial charge in [0.1, 0.15) is 0 Å². The number of hydrogen-bond donors (Lipinski definition) is 0. The van der Waals surface area contributed by atoms with Crippen LogP contribution >= 0.6 is 0 Å². The molecule has 0 bridgehead atoms. The fourth-order valence-corrected chi connectivity index (χ4v) is 1.22. The number of rotatable bonds is 0. The summed E-state index contributed by atoms with van der Waals surface area (Å²) in [5, 5.41) is 0. The van der Waals surface area contributed by atoms with E-state index in [0.29, 0.717) is 6.61 Å². The van der Waals surface area contributed by atoms with Gasteiger partial charge in [0, 0.05) is 33.8 Å². The Morgan fingerprint density at radius 3 is 2.75 bits per heavy atom. The molecular formula is C8H16N2O2. The second-order valence-corrected chi connectivity index (χ2v) is 3.13. The van der Waals surface area contributed by atoms with Crippen LogP contribution in [0.5, 0.6) is 0 Å². The van der Waals surface area contributed by atoms with Crippen molar-refractivity contribution in [3.8, 4) is 0 Å². The lowest BCUT2D eigenvalue weighted by atomic mass is 10.4. The zero-order valence-electron chi connectivity index (χ0n) is 7.75. The van der Waals surface area contributed by atoms with Crippen molar-refractivity contribution in [2.75, 3.05) is 40.4 Å². The van der Waals surface area contributed by atoms with Crippen molar-refractivity contribution >= 4 is 6.03 Å². The first kappa shape index (κ1) is 9.32. The highest BCUT2D eigenvalue weighted by atomic mass is 16.5. The van der Waals surface area contributed by atoms with Crippen molar-refractivity contribution < 1.29 is 9.53 Å². The Bertz CT molecular complexity index is 151. The van der Waals surface area contributed by atoms with Crippen molar-refractivity contribution in [3.05, 3.63) is 0 Å². The topological polar surface area (TPSA) is 32.8 Å². The van der Waals surface area contributed by atoms with Gasteiger partial charge in [-0.2, -0.15) is 0 Å². The van der Waals surface area contributed by atoms with Crippen LogP contribution in [0.3, 0.4) is 0 Å². The van der Waals surface area contributed by atoms with Gasteiger partial charge in [0.2, 0.25) is 0 Å². The Hall–Kier alpha value is -0.770. The number of hydrogen-bond acceptors (Lipinski definition) is 2. The molecule has 1 aliphatic rings. The van der Waals surface area contributed by atoms with Gasteiger partial charge in [0.15, 0.2) is 0 Å². The minimum absolute atomic E-state index is 0.0838. The molecule has 12 heavy (non-hydrogen) atoms. The average molecular weight is 172 g/mol. The Labute approximate surface area is 73.1 Å². The summed E-state index contributed by atoms with van der Waals surface area (Å²) in [6.45, 7) is 2.98. The molecule has 1 fully saturated rings. The monoisotopic (exact) mass is 172 g/mol. The Morgan fingerprint density at radius 2 is 2.08 bits per heavy atom. The average Bonchev–Trinajstić information content (AvgIpc) is 2.30. The first-order chi connectivity index (χ1) is 5.72. The van der Waals surface area contributed by atoms with E-state index in [9.17, 15) is 4.79 Å². The first-order valence-corrected chi connectivity index (χ1v) is 4.26. The van der Waals surface area contributed by atoms with Gasteiger partial charge in [0.25, 0.3) is 0 Å². The second kappa shape index (κ2) is 4.30. The summed E-state index contributed by atoms with van der Waals surface area (Å²) in [5.41, 5.74) is 0. The SMILES string of the molecule is CN(C)C(=O)N1CCCOCC1. The maximum Gasteiger partial charge on any atom is 0.319 e. The quantitative estimate of drug-likeness (QED) is 0.529. The third-order valence-corrected chi connectivity index (χ3v) is 1.88. The summed E-state index contributed by atoms with van der Waals surface area (Å²) >= 11 is 0. The van der Waals surface area contributed by atoms with E-state index in [4.69, 9.17) is 4.74 Å². The Kier molecular flexibility index (Phi) is 3.34. The van der Waals surface area contributed by atoms with Crippen LogP contribution in [0.25, 0.3) is 0 Å². The molecule has 0 aromatic rings. The number of ether oxygens (including phenoxy) is 1. The summed E-state index contributed by atoms with van der Waals surface area (Å²) in [6.07, 6.45) is 0.944. The second-order valence-electron chi connectivity index (χ2n) is 3.13. The van der Waals surface area contributed by atoms with Crippen LogP contribution < -0.4 is 0 Å².